The second kappa shape index (κ2) is 6.15. The van der Waals surface area contributed by atoms with Crippen LogP contribution in [0, 0.1) is 11.3 Å². The minimum atomic E-state index is 0.399. The van der Waals surface area contributed by atoms with Crippen molar-refractivity contribution in [2.75, 3.05) is 0 Å². The van der Waals surface area contributed by atoms with Gasteiger partial charge in [-0.15, -0.1) is 0 Å². The lowest BCUT2D eigenvalue weighted by molar-refractivity contribution is 0.530. The molecule has 0 radical (unpaired) electrons. The molecule has 19 heavy (non-hydrogen) atoms. The Kier molecular flexibility index (Phi) is 4.75. The van der Waals surface area contributed by atoms with Crippen LogP contribution in [0.4, 0.5) is 0 Å². The number of rotatable bonds is 2. The van der Waals surface area contributed by atoms with Crippen molar-refractivity contribution in [1.82, 2.24) is 0 Å². The number of allylic oxidation sites excluding steroid dienone is 1. The van der Waals surface area contributed by atoms with E-state index in [1.165, 1.54) is 0 Å². The van der Waals surface area contributed by atoms with E-state index in [2.05, 4.69) is 37.9 Å². The van der Waals surface area contributed by atoms with Gasteiger partial charge < -0.3 is 4.42 Å². The van der Waals surface area contributed by atoms with Gasteiger partial charge in [-0.3, -0.25) is 0 Å². The molecule has 0 aliphatic rings. The van der Waals surface area contributed by atoms with E-state index in [1.54, 1.807) is 30.3 Å². The first-order valence-electron chi connectivity index (χ1n) is 5.03. The molecular formula is C13H5Br2Cl2NO. The molecule has 2 rings (SSSR count). The van der Waals surface area contributed by atoms with E-state index in [-0.39, 0.29) is 0 Å². The molecule has 0 unspecified atom stereocenters. The van der Waals surface area contributed by atoms with E-state index in [1.807, 2.05) is 0 Å². The molecule has 0 saturated heterocycles. The van der Waals surface area contributed by atoms with Crippen molar-refractivity contribution in [1.29, 1.82) is 5.26 Å². The average molecular weight is 422 g/mol. The standard InChI is InChI=1S/C13H5Br2Cl2NO/c14-11-5-9(19-13(11)15)3-7(6-18)10-2-1-8(16)4-12(10)17/h1-5H. The van der Waals surface area contributed by atoms with Crippen molar-refractivity contribution in [3.05, 3.63) is 54.8 Å². The van der Waals surface area contributed by atoms with Crippen molar-refractivity contribution in [2.24, 2.45) is 0 Å². The maximum absolute atomic E-state index is 9.24. The Morgan fingerprint density at radius 1 is 1.26 bits per heavy atom. The van der Waals surface area contributed by atoms with Gasteiger partial charge in [-0.25, -0.2) is 0 Å². The van der Waals surface area contributed by atoms with Gasteiger partial charge in [0.15, 0.2) is 4.67 Å². The molecule has 0 aliphatic heterocycles. The molecule has 2 nitrogen and oxygen atoms in total. The summed E-state index contributed by atoms with van der Waals surface area (Å²) >= 11 is 18.5. The van der Waals surface area contributed by atoms with E-state index in [9.17, 15) is 5.26 Å². The summed E-state index contributed by atoms with van der Waals surface area (Å²) in [5, 5.41) is 10.2. The van der Waals surface area contributed by atoms with Gasteiger partial charge in [0.05, 0.1) is 21.1 Å². The Morgan fingerprint density at radius 2 is 2.00 bits per heavy atom. The average Bonchev–Trinajstić information content (AvgIpc) is 2.66. The molecule has 1 aromatic carbocycles. The van der Waals surface area contributed by atoms with Crippen LogP contribution < -0.4 is 0 Å². The lowest BCUT2D eigenvalue weighted by Gasteiger charge is -2.02. The Labute approximate surface area is 136 Å². The predicted octanol–water partition coefficient (Wildman–Crippen LogP) is 6.18. The highest BCUT2D eigenvalue weighted by Crippen LogP contribution is 2.31. The third kappa shape index (κ3) is 3.43. The highest BCUT2D eigenvalue weighted by atomic mass is 79.9. The Bertz CT molecular complexity index is 682. The zero-order valence-electron chi connectivity index (χ0n) is 9.25. The topological polar surface area (TPSA) is 36.9 Å². The molecule has 0 saturated carbocycles. The number of furan rings is 1. The number of halogens is 4. The maximum Gasteiger partial charge on any atom is 0.184 e. The van der Waals surface area contributed by atoms with Crippen LogP contribution in [0.25, 0.3) is 11.6 Å². The quantitative estimate of drug-likeness (QED) is 0.543. The predicted molar refractivity (Wildman–Crippen MR) is 84.1 cm³/mol. The first-order valence-corrected chi connectivity index (χ1v) is 7.37. The van der Waals surface area contributed by atoms with Crippen LogP contribution in [0.5, 0.6) is 0 Å². The van der Waals surface area contributed by atoms with Gasteiger partial charge in [0.25, 0.3) is 0 Å². The molecule has 1 heterocycles. The first kappa shape index (κ1) is 14.7. The molecule has 96 valence electrons. The van der Waals surface area contributed by atoms with Crippen molar-refractivity contribution in [2.45, 2.75) is 0 Å². The largest absolute Gasteiger partial charge is 0.449 e. The summed E-state index contributed by atoms with van der Waals surface area (Å²) in [7, 11) is 0. The summed E-state index contributed by atoms with van der Waals surface area (Å²) in [6.07, 6.45) is 1.62. The summed E-state index contributed by atoms with van der Waals surface area (Å²) in [6, 6.07) is 8.83. The van der Waals surface area contributed by atoms with Crippen molar-refractivity contribution in [3.63, 3.8) is 0 Å². The van der Waals surface area contributed by atoms with E-state index < -0.39 is 0 Å². The van der Waals surface area contributed by atoms with Crippen molar-refractivity contribution in [3.8, 4) is 6.07 Å². The number of hydrogen-bond donors (Lipinski definition) is 0. The molecule has 0 spiro atoms. The minimum Gasteiger partial charge on any atom is -0.449 e. The fourth-order valence-corrected chi connectivity index (χ4v) is 2.57. The highest BCUT2D eigenvalue weighted by molar-refractivity contribution is 9.13. The number of nitrogens with zero attached hydrogens (tertiary/aromatic N) is 1. The smallest absolute Gasteiger partial charge is 0.184 e. The van der Waals surface area contributed by atoms with E-state index >= 15 is 0 Å². The van der Waals surface area contributed by atoms with Gasteiger partial charge in [-0.1, -0.05) is 29.3 Å². The molecule has 6 heteroatoms. The Balaban J connectivity index is 2.48. The van der Waals surface area contributed by atoms with Gasteiger partial charge in [0.1, 0.15) is 5.76 Å². The molecule has 1 aromatic heterocycles. The molecule has 0 amide bonds. The van der Waals surface area contributed by atoms with Gasteiger partial charge in [0, 0.05) is 10.6 Å². The first-order chi connectivity index (χ1) is 9.01. The van der Waals surface area contributed by atoms with Gasteiger partial charge in [-0.2, -0.15) is 5.26 Å². The summed E-state index contributed by atoms with van der Waals surface area (Å²) in [5.41, 5.74) is 1.01. The van der Waals surface area contributed by atoms with Crippen molar-refractivity contribution < 1.29 is 4.42 Å². The summed E-state index contributed by atoms with van der Waals surface area (Å²) in [4.78, 5) is 0. The van der Waals surface area contributed by atoms with E-state index in [0.29, 0.717) is 31.6 Å². The summed E-state index contributed by atoms with van der Waals surface area (Å²) in [6.45, 7) is 0. The zero-order valence-corrected chi connectivity index (χ0v) is 13.9. The maximum atomic E-state index is 9.24. The van der Waals surface area contributed by atoms with Crippen LogP contribution in [0.15, 0.2) is 37.8 Å². The highest BCUT2D eigenvalue weighted by Gasteiger charge is 2.10. The second-order valence-corrected chi connectivity index (χ2v) is 5.98. The molecule has 0 aliphatic carbocycles. The van der Waals surface area contributed by atoms with Gasteiger partial charge >= 0.3 is 0 Å². The summed E-state index contributed by atoms with van der Waals surface area (Å²) < 4.78 is 6.75. The fourth-order valence-electron chi connectivity index (χ4n) is 1.45. The molecule has 0 atom stereocenters. The SMILES string of the molecule is N#CC(=Cc1cc(Br)c(Br)o1)c1ccc(Cl)cc1Cl. The fraction of sp³-hybridized carbons (Fsp3) is 0. The third-order valence-electron chi connectivity index (χ3n) is 2.29. The van der Waals surface area contributed by atoms with Gasteiger partial charge in [0.2, 0.25) is 0 Å². The lowest BCUT2D eigenvalue weighted by atomic mass is 10.1. The number of benzene rings is 1. The minimum absolute atomic E-state index is 0.399. The van der Waals surface area contributed by atoms with Crippen molar-refractivity contribution >= 4 is 66.7 Å². The Morgan fingerprint density at radius 3 is 2.53 bits per heavy atom. The third-order valence-corrected chi connectivity index (χ3v) is 4.55. The molecule has 2 aromatic rings. The monoisotopic (exact) mass is 419 g/mol. The molecule has 0 bridgehead atoms. The number of nitriles is 1. The molecular weight excluding hydrogens is 417 g/mol. The zero-order chi connectivity index (χ0) is 14.0. The van der Waals surface area contributed by atoms with Crippen LogP contribution in [0.1, 0.15) is 11.3 Å². The van der Waals surface area contributed by atoms with E-state index in [4.69, 9.17) is 27.6 Å². The second-order valence-electron chi connectivity index (χ2n) is 3.56. The summed E-state index contributed by atoms with van der Waals surface area (Å²) in [5.74, 6) is 0.543. The van der Waals surface area contributed by atoms with Gasteiger partial charge in [-0.05, 0) is 56.1 Å². The van der Waals surface area contributed by atoms with Crippen LogP contribution in [-0.4, -0.2) is 0 Å². The van der Waals surface area contributed by atoms with Crippen LogP contribution in [0.2, 0.25) is 10.0 Å². The lowest BCUT2D eigenvalue weighted by Crippen LogP contribution is -1.83. The molecule has 0 N–H and O–H groups in total. The normalized spacial score (nSPS) is 11.4. The number of hydrogen-bond acceptors (Lipinski definition) is 2. The van der Waals surface area contributed by atoms with E-state index in [0.717, 1.165) is 4.47 Å². The molecule has 0 fully saturated rings. The van der Waals surface area contributed by atoms with Crippen LogP contribution in [-0.2, 0) is 0 Å². The Hall–Kier alpha value is -0.730. The van der Waals surface area contributed by atoms with Crippen LogP contribution in [0.3, 0.4) is 0 Å². The van der Waals surface area contributed by atoms with Crippen LogP contribution >= 0.6 is 55.1 Å².